The molecule has 0 amide bonds. The molecule has 0 aliphatic rings. The lowest BCUT2D eigenvalue weighted by molar-refractivity contribution is -0.245. The Bertz CT molecular complexity index is 1620. The zero-order valence-corrected chi connectivity index (χ0v) is 55.5. The highest BCUT2D eigenvalue weighted by molar-refractivity contribution is 5.71. The molecule has 0 radical (unpaired) electrons. The van der Waals surface area contributed by atoms with Crippen LogP contribution in [0.25, 0.3) is 0 Å². The molecule has 0 saturated carbocycles. The second-order valence-electron chi connectivity index (χ2n) is 19.7. The third-order valence-electron chi connectivity index (χ3n) is 12.2. The average molecular weight is 1380 g/mol. The summed E-state index contributed by atoms with van der Waals surface area (Å²) < 4.78 is 238. The fourth-order valence-corrected chi connectivity index (χ4v) is 6.94. The number of hydrogen-bond acceptors (Lipinski definition) is 25. The van der Waals surface area contributed by atoms with Gasteiger partial charge in [0.1, 0.15) is 13.2 Å². The Balaban J connectivity index is 3.26. The van der Waals surface area contributed by atoms with Crippen LogP contribution in [0, 0.1) is 5.92 Å². The molecular formula is C60H110F8O25. The molecule has 25 nitrogen and oxygen atoms in total. The molecule has 0 aliphatic heterocycles. The van der Waals surface area contributed by atoms with Gasteiger partial charge in [0.25, 0.3) is 0 Å². The number of carbonyl (C=O) groups excluding carboxylic acids is 1. The summed E-state index contributed by atoms with van der Waals surface area (Å²) >= 11 is 0. The predicted octanol–water partition coefficient (Wildman–Crippen LogP) is 5.81. The Hall–Kier alpha value is -2.43. The van der Waals surface area contributed by atoms with Gasteiger partial charge in [-0.3, -0.25) is 4.79 Å². The van der Waals surface area contributed by atoms with Gasteiger partial charge in [0, 0.05) is 0 Å². The highest BCUT2D eigenvalue weighted by Crippen LogP contribution is 2.51. The highest BCUT2D eigenvalue weighted by Gasteiger charge is 2.67. The zero-order chi connectivity index (χ0) is 68.5. The van der Waals surface area contributed by atoms with Gasteiger partial charge < -0.3 is 114 Å². The number of carbonyl (C=O) groups is 1. The number of esters is 1. The fourth-order valence-electron chi connectivity index (χ4n) is 6.94. The standard InChI is InChI=1S/C60H110F8O25/c1-6-53(2)56(69)93-52-50-91-48-46-89-44-42-87-40-38-85-36-34-83-32-30-81-28-26-79-24-22-77-20-18-75-16-14-73-12-10-71-8-7-70-9-11-72-13-15-74-17-19-76-21-23-78-25-27-80-29-31-82-33-35-84-37-39-86-41-43-88-45-47-90-49-51-92-54(3)55(57(4,61)59(63,64)65)58(5,62)60(66,67)68/h53H,6-52H2,1-5H3. The quantitative estimate of drug-likeness (QED) is 0.0302. The van der Waals surface area contributed by atoms with Crippen LogP contribution in [-0.4, -0.2) is 334 Å². The van der Waals surface area contributed by atoms with Crippen LogP contribution >= 0.6 is 0 Å². The summed E-state index contributed by atoms with van der Waals surface area (Å²) in [5, 5.41) is 0. The van der Waals surface area contributed by atoms with Crippen LogP contribution in [0.3, 0.4) is 0 Å². The van der Waals surface area contributed by atoms with E-state index in [4.69, 9.17) is 114 Å². The Morgan fingerprint density at radius 2 is 0.387 bits per heavy atom. The van der Waals surface area contributed by atoms with E-state index in [0.29, 0.717) is 265 Å². The first kappa shape index (κ1) is 90.6. The van der Waals surface area contributed by atoms with E-state index in [1.165, 1.54) is 0 Å². The van der Waals surface area contributed by atoms with Crippen molar-refractivity contribution in [2.24, 2.45) is 5.92 Å². The third-order valence-corrected chi connectivity index (χ3v) is 12.2. The predicted molar refractivity (Wildman–Crippen MR) is 318 cm³/mol. The number of allylic oxidation sites excluding steroid dienone is 2. The Labute approximate surface area is 544 Å². The van der Waals surface area contributed by atoms with Gasteiger partial charge in [0.05, 0.1) is 308 Å². The van der Waals surface area contributed by atoms with Gasteiger partial charge in [-0.15, -0.1) is 0 Å². The van der Waals surface area contributed by atoms with E-state index >= 15 is 0 Å². The molecule has 3 atom stereocenters. The molecule has 556 valence electrons. The molecule has 0 spiro atoms. The van der Waals surface area contributed by atoms with Crippen LogP contribution in [0.5, 0.6) is 0 Å². The molecule has 0 saturated heterocycles. The summed E-state index contributed by atoms with van der Waals surface area (Å²) in [6.45, 7) is 20.8. The third kappa shape index (κ3) is 56.2. The van der Waals surface area contributed by atoms with E-state index in [9.17, 15) is 39.9 Å². The maximum Gasteiger partial charge on any atom is 0.426 e. The number of rotatable bonds is 74. The number of halogens is 8. The summed E-state index contributed by atoms with van der Waals surface area (Å²) in [5.74, 6) is -1.48. The first-order valence-corrected chi connectivity index (χ1v) is 31.6. The highest BCUT2D eigenvalue weighted by atomic mass is 19.4. The van der Waals surface area contributed by atoms with E-state index in [-0.39, 0.29) is 65.4 Å². The molecule has 0 heterocycles. The molecule has 0 aromatic heterocycles. The molecule has 33 heteroatoms. The van der Waals surface area contributed by atoms with Crippen LogP contribution < -0.4 is 0 Å². The van der Waals surface area contributed by atoms with Crippen molar-refractivity contribution in [3.63, 3.8) is 0 Å². The van der Waals surface area contributed by atoms with Gasteiger partial charge in [-0.05, 0) is 27.2 Å². The molecule has 0 aromatic rings. The van der Waals surface area contributed by atoms with Crippen molar-refractivity contribution in [2.75, 3.05) is 304 Å². The largest absolute Gasteiger partial charge is 0.496 e. The minimum atomic E-state index is -5.84. The van der Waals surface area contributed by atoms with Gasteiger partial charge in [0.2, 0.25) is 11.3 Å². The van der Waals surface area contributed by atoms with Crippen molar-refractivity contribution in [3.05, 3.63) is 11.3 Å². The van der Waals surface area contributed by atoms with E-state index in [0.717, 1.165) is 6.42 Å². The van der Waals surface area contributed by atoms with Crippen molar-refractivity contribution >= 4 is 5.97 Å². The van der Waals surface area contributed by atoms with Crippen molar-refractivity contribution in [1.29, 1.82) is 0 Å². The smallest absolute Gasteiger partial charge is 0.426 e. The molecule has 0 aromatic carbocycles. The molecule has 0 bridgehead atoms. The maximum absolute atomic E-state index is 14.6. The Morgan fingerprint density at radius 1 is 0.258 bits per heavy atom. The molecule has 0 fully saturated rings. The van der Waals surface area contributed by atoms with Crippen LogP contribution in [0.2, 0.25) is 0 Å². The molecule has 0 aliphatic carbocycles. The van der Waals surface area contributed by atoms with E-state index in [1.807, 2.05) is 13.8 Å². The van der Waals surface area contributed by atoms with Gasteiger partial charge in [0.15, 0.2) is 0 Å². The summed E-state index contributed by atoms with van der Waals surface area (Å²) in [5.41, 5.74) is -11.5. The van der Waals surface area contributed by atoms with Gasteiger partial charge in [-0.1, -0.05) is 13.8 Å². The minimum absolute atomic E-state index is 0.00415. The van der Waals surface area contributed by atoms with Crippen molar-refractivity contribution < 1.29 is 154 Å². The minimum Gasteiger partial charge on any atom is -0.496 e. The van der Waals surface area contributed by atoms with Crippen molar-refractivity contribution in [3.8, 4) is 0 Å². The van der Waals surface area contributed by atoms with Crippen LogP contribution in [0.1, 0.15) is 41.0 Å². The van der Waals surface area contributed by atoms with Crippen LogP contribution in [0.4, 0.5) is 35.1 Å². The Kier molecular flexibility index (Phi) is 62.6. The SMILES string of the molecule is CCC(C)C(=O)OCCOCCOCCOCCOCCOCCOCCOCCOCCOCCOCCOCCOCCOCCOCCOCCOCCOCCOCCOCCOCCOCCOCCOC(C)=C(C(C)(F)C(F)(F)F)C(C)(F)C(F)(F)F. The molecule has 3 unspecified atom stereocenters. The first-order chi connectivity index (χ1) is 44.9. The zero-order valence-electron chi connectivity index (χ0n) is 55.5. The van der Waals surface area contributed by atoms with Crippen LogP contribution in [-0.2, 0) is 118 Å². The molecule has 0 N–H and O–H groups in total. The average Bonchev–Trinajstić information content (AvgIpc) is 0.751. The molecule has 93 heavy (non-hydrogen) atoms. The summed E-state index contributed by atoms with van der Waals surface area (Å²) in [7, 11) is 0. The fraction of sp³-hybridized carbons (Fsp3) is 0.950. The number of hydrogen-bond donors (Lipinski definition) is 0. The summed E-state index contributed by atoms with van der Waals surface area (Å²) in [4.78, 5) is 11.6. The Morgan fingerprint density at radius 3 is 0.516 bits per heavy atom. The van der Waals surface area contributed by atoms with Gasteiger partial charge >= 0.3 is 18.3 Å². The maximum atomic E-state index is 14.6. The summed E-state index contributed by atoms with van der Waals surface area (Å²) in [6.07, 6.45) is -10.9. The van der Waals surface area contributed by atoms with Crippen LogP contribution in [0.15, 0.2) is 11.3 Å². The topological polar surface area (TPSA) is 239 Å². The van der Waals surface area contributed by atoms with E-state index in [1.54, 1.807) is 0 Å². The summed E-state index contributed by atoms with van der Waals surface area (Å²) in [6, 6.07) is 0. The van der Waals surface area contributed by atoms with E-state index < -0.39 is 41.6 Å². The second-order valence-corrected chi connectivity index (χ2v) is 19.7. The van der Waals surface area contributed by atoms with E-state index in [2.05, 4.69) is 0 Å². The van der Waals surface area contributed by atoms with Crippen molar-refractivity contribution in [1.82, 2.24) is 0 Å². The lowest BCUT2D eigenvalue weighted by Crippen LogP contribution is -2.52. The first-order valence-electron chi connectivity index (χ1n) is 31.6. The van der Waals surface area contributed by atoms with Gasteiger partial charge in [-0.2, -0.15) is 26.3 Å². The monoisotopic (exact) mass is 1380 g/mol. The molecular weight excluding hydrogens is 1270 g/mol. The number of ether oxygens (including phenoxy) is 24. The normalized spacial score (nSPS) is 13.8. The molecule has 0 rings (SSSR count). The second kappa shape index (κ2) is 64.3. The lowest BCUT2D eigenvalue weighted by atomic mass is 9.83. The number of alkyl halides is 8. The lowest BCUT2D eigenvalue weighted by Gasteiger charge is -2.36. The van der Waals surface area contributed by atoms with Gasteiger partial charge in [-0.25, -0.2) is 8.78 Å². The van der Waals surface area contributed by atoms with Crippen molar-refractivity contribution in [2.45, 2.75) is 64.7 Å².